The Morgan fingerprint density at radius 2 is 1.45 bits per heavy atom. The minimum atomic E-state index is -0.347. The van der Waals surface area contributed by atoms with E-state index in [9.17, 15) is 4.79 Å². The van der Waals surface area contributed by atoms with Crippen molar-refractivity contribution in [3.63, 3.8) is 0 Å². The molecule has 0 aliphatic rings. The van der Waals surface area contributed by atoms with Crippen LogP contribution < -0.4 is 5.32 Å². The first kappa shape index (κ1) is 21.4. The normalized spacial score (nSPS) is 15.7. The van der Waals surface area contributed by atoms with E-state index in [-0.39, 0.29) is 22.2 Å². The first-order chi connectivity index (χ1) is 9.87. The number of carbonyl (C=O) groups is 1. The van der Waals surface area contributed by atoms with Gasteiger partial charge in [-0.25, -0.2) is 0 Å². The first-order valence-corrected chi connectivity index (χ1v) is 8.88. The van der Waals surface area contributed by atoms with Crippen LogP contribution in [0.5, 0.6) is 0 Å². The fourth-order valence-corrected chi connectivity index (χ4v) is 2.99. The Morgan fingerprint density at radius 3 is 1.82 bits per heavy atom. The highest BCUT2D eigenvalue weighted by Gasteiger charge is 2.46. The molecule has 1 unspecified atom stereocenters. The number of carbonyl (C=O) groups excluding carboxylic acids is 1. The summed E-state index contributed by atoms with van der Waals surface area (Å²) in [4.78, 5) is 15.2. The van der Waals surface area contributed by atoms with Gasteiger partial charge < -0.3 is 10.2 Å². The summed E-state index contributed by atoms with van der Waals surface area (Å²) in [5.74, 6) is 0.203. The van der Waals surface area contributed by atoms with Crippen molar-refractivity contribution < 1.29 is 4.79 Å². The van der Waals surface area contributed by atoms with Crippen LogP contribution in [-0.4, -0.2) is 37.0 Å². The lowest BCUT2D eigenvalue weighted by Crippen LogP contribution is -2.49. The number of amides is 1. The molecule has 0 heterocycles. The highest BCUT2D eigenvalue weighted by atomic mass is 16.2. The van der Waals surface area contributed by atoms with Crippen LogP contribution in [0.15, 0.2) is 0 Å². The van der Waals surface area contributed by atoms with Gasteiger partial charge in [-0.3, -0.25) is 4.79 Å². The average molecular weight is 313 g/mol. The van der Waals surface area contributed by atoms with E-state index >= 15 is 0 Å². The van der Waals surface area contributed by atoms with Crippen LogP contribution in [0.1, 0.15) is 75.2 Å². The van der Waals surface area contributed by atoms with Gasteiger partial charge in [0.05, 0.1) is 5.41 Å². The van der Waals surface area contributed by atoms with Gasteiger partial charge in [0.15, 0.2) is 0 Å². The Kier molecular flexibility index (Phi) is 8.11. The average Bonchev–Trinajstić information content (AvgIpc) is 2.35. The van der Waals surface area contributed by atoms with E-state index in [1.165, 1.54) is 0 Å². The Labute approximate surface area is 139 Å². The van der Waals surface area contributed by atoms with E-state index in [2.05, 4.69) is 72.5 Å². The maximum absolute atomic E-state index is 12.8. The second-order valence-corrected chi connectivity index (χ2v) is 8.96. The van der Waals surface area contributed by atoms with E-state index in [1.807, 2.05) is 0 Å². The summed E-state index contributed by atoms with van der Waals surface area (Å²) >= 11 is 0. The molecular formula is C19H40N2O. The monoisotopic (exact) mass is 312 g/mol. The molecule has 22 heavy (non-hydrogen) atoms. The first-order valence-electron chi connectivity index (χ1n) is 8.88. The smallest absolute Gasteiger partial charge is 0.226 e. The van der Waals surface area contributed by atoms with E-state index in [4.69, 9.17) is 0 Å². The maximum atomic E-state index is 12.8. The summed E-state index contributed by atoms with van der Waals surface area (Å²) in [6.45, 7) is 23.6. The molecule has 0 radical (unpaired) electrons. The third kappa shape index (κ3) is 6.68. The van der Waals surface area contributed by atoms with Crippen LogP contribution in [0.3, 0.4) is 0 Å². The van der Waals surface area contributed by atoms with Gasteiger partial charge in [-0.15, -0.1) is 0 Å². The third-order valence-electron chi connectivity index (χ3n) is 4.87. The second-order valence-electron chi connectivity index (χ2n) is 8.96. The van der Waals surface area contributed by atoms with Crippen LogP contribution in [0, 0.1) is 16.2 Å². The third-order valence-corrected chi connectivity index (χ3v) is 4.87. The van der Waals surface area contributed by atoms with E-state index in [1.54, 1.807) is 0 Å². The molecule has 0 fully saturated rings. The Morgan fingerprint density at radius 1 is 0.955 bits per heavy atom. The molecule has 1 atom stereocenters. The summed E-state index contributed by atoms with van der Waals surface area (Å²) in [7, 11) is 0. The fraction of sp³-hybridized carbons (Fsp3) is 0.947. The number of rotatable bonds is 8. The van der Waals surface area contributed by atoms with E-state index < -0.39 is 0 Å². The van der Waals surface area contributed by atoms with Crippen molar-refractivity contribution in [3.8, 4) is 0 Å². The van der Waals surface area contributed by atoms with Crippen molar-refractivity contribution in [2.24, 2.45) is 16.2 Å². The fourth-order valence-electron chi connectivity index (χ4n) is 2.99. The molecule has 0 saturated heterocycles. The number of hydrogen-bond donors (Lipinski definition) is 1. The lowest BCUT2D eigenvalue weighted by Gasteiger charge is -2.44. The molecule has 0 spiro atoms. The molecule has 3 heteroatoms. The zero-order valence-electron chi connectivity index (χ0n) is 16.6. The summed E-state index contributed by atoms with van der Waals surface area (Å²) in [5.41, 5.74) is -0.260. The molecule has 0 saturated carbocycles. The molecule has 0 aromatic carbocycles. The molecule has 1 amide bonds. The van der Waals surface area contributed by atoms with Gasteiger partial charge in [-0.2, -0.15) is 0 Å². The second kappa shape index (κ2) is 8.33. The van der Waals surface area contributed by atoms with Gasteiger partial charge in [0, 0.05) is 6.54 Å². The molecule has 132 valence electrons. The van der Waals surface area contributed by atoms with Crippen LogP contribution in [0.25, 0.3) is 0 Å². The van der Waals surface area contributed by atoms with Crippen molar-refractivity contribution in [1.29, 1.82) is 0 Å². The minimum absolute atomic E-state index is 0.0523. The van der Waals surface area contributed by atoms with Crippen molar-refractivity contribution in [1.82, 2.24) is 10.2 Å². The van der Waals surface area contributed by atoms with Crippen molar-refractivity contribution >= 4 is 5.91 Å². The van der Waals surface area contributed by atoms with Gasteiger partial charge >= 0.3 is 0 Å². The number of hydrogen-bond acceptors (Lipinski definition) is 2. The summed E-state index contributed by atoms with van der Waals surface area (Å²) in [6.07, 6.45) is 1.91. The summed E-state index contributed by atoms with van der Waals surface area (Å²) in [5, 5.41) is 3.19. The zero-order chi connectivity index (χ0) is 17.6. The summed E-state index contributed by atoms with van der Waals surface area (Å²) < 4.78 is 0. The standard InChI is InChI=1S/C19H40N2O/c1-10-21(11-2)14-12-13-20-16(22)19(9,18(6,7)8)15-17(3,4)5/h10-15H2,1-9H3,(H,20,22). The van der Waals surface area contributed by atoms with Gasteiger partial charge in [0.25, 0.3) is 0 Å². The molecule has 0 aliphatic heterocycles. The Hall–Kier alpha value is -0.570. The Bertz CT molecular complexity index is 334. The van der Waals surface area contributed by atoms with Crippen LogP contribution in [0.4, 0.5) is 0 Å². The van der Waals surface area contributed by atoms with Gasteiger partial charge in [-0.1, -0.05) is 62.3 Å². The van der Waals surface area contributed by atoms with Gasteiger partial charge in [-0.05, 0) is 43.3 Å². The molecule has 0 aliphatic carbocycles. The predicted octanol–water partition coefficient (Wildman–Crippen LogP) is 4.32. The molecule has 1 N–H and O–H groups in total. The van der Waals surface area contributed by atoms with Crippen LogP contribution >= 0.6 is 0 Å². The van der Waals surface area contributed by atoms with Crippen molar-refractivity contribution in [3.05, 3.63) is 0 Å². The summed E-state index contributed by atoms with van der Waals surface area (Å²) in [6, 6.07) is 0. The lowest BCUT2D eigenvalue weighted by atomic mass is 9.61. The number of nitrogens with one attached hydrogen (secondary N) is 1. The van der Waals surface area contributed by atoms with E-state index in [0.717, 1.165) is 39.0 Å². The molecular weight excluding hydrogens is 272 g/mol. The minimum Gasteiger partial charge on any atom is -0.356 e. The quantitative estimate of drug-likeness (QED) is 0.677. The topological polar surface area (TPSA) is 32.3 Å². The maximum Gasteiger partial charge on any atom is 0.226 e. The van der Waals surface area contributed by atoms with Crippen molar-refractivity contribution in [2.45, 2.75) is 75.2 Å². The highest BCUT2D eigenvalue weighted by Crippen LogP contribution is 2.46. The SMILES string of the molecule is CCN(CC)CCCNC(=O)C(C)(CC(C)(C)C)C(C)(C)C. The highest BCUT2D eigenvalue weighted by molar-refractivity contribution is 5.83. The van der Waals surface area contributed by atoms with Crippen molar-refractivity contribution in [2.75, 3.05) is 26.2 Å². The number of nitrogens with zero attached hydrogens (tertiary/aromatic N) is 1. The van der Waals surface area contributed by atoms with E-state index in [0.29, 0.717) is 0 Å². The molecule has 0 bridgehead atoms. The molecule has 0 aromatic heterocycles. The zero-order valence-corrected chi connectivity index (χ0v) is 16.6. The van der Waals surface area contributed by atoms with Crippen LogP contribution in [0.2, 0.25) is 0 Å². The van der Waals surface area contributed by atoms with Crippen LogP contribution in [-0.2, 0) is 4.79 Å². The molecule has 0 rings (SSSR count). The predicted molar refractivity (Wildman–Crippen MR) is 97.0 cm³/mol. The Balaban J connectivity index is 4.67. The van der Waals surface area contributed by atoms with Gasteiger partial charge in [0.1, 0.15) is 0 Å². The molecule has 3 nitrogen and oxygen atoms in total. The lowest BCUT2D eigenvalue weighted by molar-refractivity contribution is -0.138. The molecule has 0 aromatic rings. The largest absolute Gasteiger partial charge is 0.356 e. The van der Waals surface area contributed by atoms with Gasteiger partial charge in [0.2, 0.25) is 5.91 Å².